The van der Waals surface area contributed by atoms with E-state index in [1.165, 1.54) is 0 Å². The zero-order valence-electron chi connectivity index (χ0n) is 8.84. The number of aliphatic imine (C=N–C) groups is 1. The number of rotatable bonds is 1. The summed E-state index contributed by atoms with van der Waals surface area (Å²) in [6.45, 7) is 13.5. The smallest absolute Gasteiger partial charge is 0 e. The van der Waals surface area contributed by atoms with Crippen LogP contribution in [0.3, 0.4) is 0 Å². The fourth-order valence-electron chi connectivity index (χ4n) is 0.719. The summed E-state index contributed by atoms with van der Waals surface area (Å²) >= 11 is 5.81. The molecule has 0 bridgehead atoms. The molecule has 17 heavy (non-hydrogen) atoms. The summed E-state index contributed by atoms with van der Waals surface area (Å²) in [7, 11) is 1.73. The Hall–Kier alpha value is -1.07. The van der Waals surface area contributed by atoms with Crippen molar-refractivity contribution < 1.29 is 31.3 Å². The van der Waals surface area contributed by atoms with Gasteiger partial charge in [0.25, 0.3) is 0 Å². The van der Waals surface area contributed by atoms with Crippen molar-refractivity contribution >= 4 is 17.8 Å². The van der Waals surface area contributed by atoms with Gasteiger partial charge in [0, 0.05) is 41.2 Å². The molecule has 0 aromatic heterocycles. The van der Waals surface area contributed by atoms with Crippen LogP contribution in [0.5, 0.6) is 0 Å². The van der Waals surface area contributed by atoms with E-state index in [1.807, 2.05) is 24.3 Å². The predicted molar refractivity (Wildman–Crippen MR) is 56.8 cm³/mol. The molecule has 4 nitrogen and oxygen atoms in total. The van der Waals surface area contributed by atoms with Crippen molar-refractivity contribution in [3.05, 3.63) is 54.8 Å². The van der Waals surface area contributed by atoms with Crippen molar-refractivity contribution in [2.24, 2.45) is 4.99 Å². The molecule has 1 aromatic rings. The normalized spacial score (nSPS) is 6.59. The van der Waals surface area contributed by atoms with Gasteiger partial charge in [-0.05, 0) is 6.07 Å². The van der Waals surface area contributed by atoms with E-state index in [0.29, 0.717) is 0 Å². The molecule has 0 saturated heterocycles. The second-order valence-electron chi connectivity index (χ2n) is 1.91. The minimum Gasteiger partial charge on any atom is 0 e. The van der Waals surface area contributed by atoms with Crippen molar-refractivity contribution in [3.63, 3.8) is 0 Å². The first-order chi connectivity index (χ1) is 7.84. The first kappa shape index (κ1) is 25.0. The maximum atomic E-state index is 7.50. The first-order valence-corrected chi connectivity index (χ1v) is 4.00. The third kappa shape index (κ3) is 14.9. The minimum absolute atomic E-state index is 0. The molecule has 1 rings (SSSR count). The minimum atomic E-state index is 0. The van der Waals surface area contributed by atoms with E-state index in [4.69, 9.17) is 25.6 Å². The Morgan fingerprint density at radius 3 is 1.82 bits per heavy atom. The van der Waals surface area contributed by atoms with Gasteiger partial charge in [-0.1, -0.05) is 29.8 Å². The van der Waals surface area contributed by atoms with E-state index in [0.717, 1.165) is 10.6 Å². The van der Waals surface area contributed by atoms with Gasteiger partial charge in [-0.3, -0.25) is 4.99 Å². The van der Waals surface area contributed by atoms with Gasteiger partial charge < -0.3 is 0 Å². The van der Waals surface area contributed by atoms with E-state index < -0.39 is 0 Å². The quantitative estimate of drug-likeness (QED) is 0.432. The zero-order chi connectivity index (χ0) is 13.4. The van der Waals surface area contributed by atoms with E-state index in [1.54, 1.807) is 13.3 Å². The fourth-order valence-corrected chi connectivity index (χ4v) is 0.903. The van der Waals surface area contributed by atoms with Crippen LogP contribution in [0.1, 0.15) is 5.56 Å². The van der Waals surface area contributed by atoms with E-state index in [-0.39, 0.29) is 17.4 Å². The molecule has 0 N–H and O–H groups in total. The first-order valence-electron chi connectivity index (χ1n) is 3.62. The predicted octanol–water partition coefficient (Wildman–Crippen LogP) is 2.27. The standard InChI is InChI=1S/C8H8ClN.3CO.Cr/c1-10-6-7-4-2-3-5-8(7)9;3*1-2;/h2-6H,1H3;;;;. The summed E-state index contributed by atoms with van der Waals surface area (Å²) in [6.07, 6.45) is 1.74. The summed E-state index contributed by atoms with van der Waals surface area (Å²) in [4.78, 5) is 3.86. The average molecular weight is 290 g/mol. The fraction of sp³-hybridized carbons (Fsp3) is 0.0909. The van der Waals surface area contributed by atoms with Gasteiger partial charge in [0.1, 0.15) is 0 Å². The van der Waals surface area contributed by atoms with Crippen LogP contribution >= 0.6 is 11.6 Å². The maximum Gasteiger partial charge on any atom is 0 e. The maximum absolute atomic E-state index is 7.50. The molecule has 88 valence electrons. The van der Waals surface area contributed by atoms with E-state index >= 15 is 0 Å². The molecule has 0 aliphatic carbocycles. The molecule has 0 heterocycles. The monoisotopic (exact) mass is 289 g/mol. The SMILES string of the molecule is CN=Cc1ccccc1Cl.[C-]#[O+].[C-]#[O+].[C-]#[O+].[Cr]. The summed E-state index contributed by atoms with van der Waals surface area (Å²) in [6, 6.07) is 7.60. The van der Waals surface area contributed by atoms with Crippen molar-refractivity contribution in [2.75, 3.05) is 7.05 Å². The molecule has 0 aliphatic rings. The second kappa shape index (κ2) is 24.3. The molecule has 0 amide bonds. The number of halogens is 1. The summed E-state index contributed by atoms with van der Waals surface area (Å²) < 4.78 is 22.5. The van der Waals surface area contributed by atoms with Crippen molar-refractivity contribution in [3.8, 4) is 0 Å². The number of hydrogen-bond acceptors (Lipinski definition) is 1. The summed E-state index contributed by atoms with van der Waals surface area (Å²) in [5.74, 6) is 0. The third-order valence-electron chi connectivity index (χ3n) is 1.17. The van der Waals surface area contributed by atoms with Crippen LogP contribution in [0.4, 0.5) is 0 Å². The third-order valence-corrected chi connectivity index (χ3v) is 1.52. The Morgan fingerprint density at radius 1 is 1.06 bits per heavy atom. The Balaban J connectivity index is -0.000000106. The van der Waals surface area contributed by atoms with Crippen LogP contribution in [0.2, 0.25) is 5.02 Å². The van der Waals surface area contributed by atoms with Crippen LogP contribution in [-0.2, 0) is 31.3 Å². The Kier molecular flexibility index (Phi) is 35.6. The number of hydrogen-bond donors (Lipinski definition) is 0. The van der Waals surface area contributed by atoms with Gasteiger partial charge in [0.2, 0.25) is 0 Å². The van der Waals surface area contributed by atoms with Crippen molar-refractivity contribution in [2.45, 2.75) is 0 Å². The molecule has 0 aliphatic heterocycles. The molecular weight excluding hydrogens is 282 g/mol. The van der Waals surface area contributed by atoms with Crippen molar-refractivity contribution in [1.29, 1.82) is 0 Å². The van der Waals surface area contributed by atoms with Gasteiger partial charge in [0.15, 0.2) is 0 Å². The van der Waals surface area contributed by atoms with E-state index in [9.17, 15) is 0 Å². The van der Waals surface area contributed by atoms with Crippen LogP contribution in [-0.4, -0.2) is 13.3 Å². The molecule has 0 atom stereocenters. The van der Waals surface area contributed by atoms with Gasteiger partial charge in [0.05, 0.1) is 0 Å². The number of nitrogens with zero attached hydrogens (tertiary/aromatic N) is 1. The molecule has 1 aromatic carbocycles. The average Bonchev–Trinajstić information content (AvgIpc) is 2.40. The Bertz CT molecular complexity index is 347. The molecule has 0 fully saturated rings. The van der Waals surface area contributed by atoms with Gasteiger partial charge in [-0.25, -0.2) is 0 Å². The Labute approximate surface area is 116 Å². The molecule has 0 radical (unpaired) electrons. The zero-order valence-corrected chi connectivity index (χ0v) is 10.9. The van der Waals surface area contributed by atoms with Crippen molar-refractivity contribution in [1.82, 2.24) is 0 Å². The second-order valence-corrected chi connectivity index (χ2v) is 2.32. The molecule has 0 unspecified atom stereocenters. The topological polar surface area (TPSA) is 72.1 Å². The molecule has 6 heteroatoms. The van der Waals surface area contributed by atoms with Crippen LogP contribution < -0.4 is 0 Å². The summed E-state index contributed by atoms with van der Waals surface area (Å²) in [5, 5.41) is 0.744. The van der Waals surface area contributed by atoms with Gasteiger partial charge in [-0.15, -0.1) is 0 Å². The molecule has 0 saturated carbocycles. The molecular formula is C11H8ClCrNO3. The largest absolute Gasteiger partial charge is 0 e. The van der Waals surface area contributed by atoms with Gasteiger partial charge in [-0.2, -0.15) is 0 Å². The van der Waals surface area contributed by atoms with Crippen LogP contribution in [0, 0.1) is 20.0 Å². The number of benzene rings is 1. The van der Waals surface area contributed by atoms with Crippen LogP contribution in [0.25, 0.3) is 0 Å². The Morgan fingerprint density at radius 2 is 1.47 bits per heavy atom. The summed E-state index contributed by atoms with van der Waals surface area (Å²) in [5.41, 5.74) is 0.965. The van der Waals surface area contributed by atoms with Gasteiger partial charge >= 0.3 is 33.9 Å². The van der Waals surface area contributed by atoms with E-state index in [2.05, 4.69) is 24.9 Å². The van der Waals surface area contributed by atoms with Crippen LogP contribution in [0.15, 0.2) is 29.3 Å². The molecule has 0 spiro atoms.